The first-order valence-corrected chi connectivity index (χ1v) is 9.54. The van der Waals surface area contributed by atoms with Gasteiger partial charge in [0.25, 0.3) is 10.0 Å². The highest BCUT2D eigenvalue weighted by atomic mass is 35.5. The van der Waals surface area contributed by atoms with Gasteiger partial charge in [-0.15, -0.1) is 0 Å². The van der Waals surface area contributed by atoms with Gasteiger partial charge in [0.1, 0.15) is 0 Å². The first-order chi connectivity index (χ1) is 10.3. The molecule has 2 aromatic rings. The van der Waals surface area contributed by atoms with Crippen LogP contribution in [0, 0.1) is 0 Å². The number of anilines is 1. The topological polar surface area (TPSA) is 80.3 Å². The van der Waals surface area contributed by atoms with E-state index in [0.29, 0.717) is 16.3 Å². The summed E-state index contributed by atoms with van der Waals surface area (Å²) in [5, 5.41) is 1.44. The van der Waals surface area contributed by atoms with Gasteiger partial charge in [0, 0.05) is 10.4 Å². The molecule has 3 rings (SSSR count). The fourth-order valence-corrected chi connectivity index (χ4v) is 4.64. The lowest BCUT2D eigenvalue weighted by atomic mass is 10.2. The van der Waals surface area contributed by atoms with E-state index in [4.69, 9.17) is 11.6 Å². The Bertz CT molecular complexity index is 995. The van der Waals surface area contributed by atoms with Crippen molar-refractivity contribution in [2.45, 2.75) is 9.79 Å². The van der Waals surface area contributed by atoms with Crippen LogP contribution in [-0.2, 0) is 19.9 Å². The van der Waals surface area contributed by atoms with Crippen LogP contribution in [0.15, 0.2) is 57.7 Å². The maximum Gasteiger partial charge on any atom is 0.261 e. The number of fused-ring (bicyclic) bond motifs is 1. The zero-order valence-corrected chi connectivity index (χ0v) is 13.4. The summed E-state index contributed by atoms with van der Waals surface area (Å²) in [6.07, 6.45) is 1.44. The van der Waals surface area contributed by atoms with Gasteiger partial charge in [0.05, 0.1) is 15.5 Å². The van der Waals surface area contributed by atoms with Gasteiger partial charge in [-0.1, -0.05) is 23.7 Å². The molecule has 0 spiro atoms. The van der Waals surface area contributed by atoms with Gasteiger partial charge in [-0.3, -0.25) is 4.72 Å². The van der Waals surface area contributed by atoms with Gasteiger partial charge >= 0.3 is 0 Å². The van der Waals surface area contributed by atoms with E-state index in [-0.39, 0.29) is 9.79 Å². The van der Waals surface area contributed by atoms with Crippen molar-refractivity contribution >= 4 is 43.2 Å². The summed E-state index contributed by atoms with van der Waals surface area (Å²) in [6.45, 7) is 0. The van der Waals surface area contributed by atoms with Crippen LogP contribution in [-0.4, -0.2) is 16.8 Å². The van der Waals surface area contributed by atoms with Crippen molar-refractivity contribution in [3.05, 3.63) is 58.5 Å². The Morgan fingerprint density at radius 1 is 1.05 bits per heavy atom. The summed E-state index contributed by atoms with van der Waals surface area (Å²) in [6, 6.07) is 10.2. The third-order valence-electron chi connectivity index (χ3n) is 3.11. The molecule has 0 saturated heterocycles. The second-order valence-electron chi connectivity index (χ2n) is 4.66. The Balaban J connectivity index is 2.01. The quantitative estimate of drug-likeness (QED) is 0.917. The second kappa shape index (κ2) is 5.12. The fraction of sp³-hybridized carbons (Fsp3) is 0. The molecule has 0 amide bonds. The molecule has 1 aliphatic heterocycles. The summed E-state index contributed by atoms with van der Waals surface area (Å²) in [4.78, 5) is -0.139. The zero-order chi connectivity index (χ0) is 16.0. The van der Waals surface area contributed by atoms with Gasteiger partial charge in [-0.25, -0.2) is 16.8 Å². The number of hydrogen-bond acceptors (Lipinski definition) is 4. The van der Waals surface area contributed by atoms with Crippen molar-refractivity contribution in [2.75, 3.05) is 4.72 Å². The van der Waals surface area contributed by atoms with Crippen LogP contribution in [0.3, 0.4) is 0 Å². The van der Waals surface area contributed by atoms with Crippen LogP contribution in [0.2, 0.25) is 5.02 Å². The highest BCUT2D eigenvalue weighted by molar-refractivity contribution is 7.95. The number of nitrogens with one attached hydrogen (secondary N) is 1. The second-order valence-corrected chi connectivity index (χ2v) is 8.58. The molecule has 0 aliphatic carbocycles. The third kappa shape index (κ3) is 2.75. The molecule has 22 heavy (non-hydrogen) atoms. The summed E-state index contributed by atoms with van der Waals surface area (Å²) >= 11 is 5.81. The van der Waals surface area contributed by atoms with E-state index < -0.39 is 19.9 Å². The molecule has 0 atom stereocenters. The van der Waals surface area contributed by atoms with Crippen molar-refractivity contribution in [1.82, 2.24) is 0 Å². The number of halogens is 1. The Labute approximate surface area is 133 Å². The minimum absolute atomic E-state index is 0.0125. The molecule has 0 fully saturated rings. The molecule has 8 heteroatoms. The van der Waals surface area contributed by atoms with E-state index in [0.717, 1.165) is 11.5 Å². The molecule has 0 aromatic heterocycles. The standard InChI is InChI=1S/C14H10ClNO4S2/c15-11-2-1-3-12(8-11)16-22(19,20)13-5-4-10-6-7-21(17,18)14(10)9-13/h1-9,16H. The van der Waals surface area contributed by atoms with Crippen molar-refractivity contribution in [1.29, 1.82) is 0 Å². The third-order valence-corrected chi connectivity index (χ3v) is 6.18. The lowest BCUT2D eigenvalue weighted by Gasteiger charge is -2.09. The monoisotopic (exact) mass is 355 g/mol. The predicted molar refractivity (Wildman–Crippen MR) is 84.9 cm³/mol. The Kier molecular flexibility index (Phi) is 3.51. The number of hydrogen-bond donors (Lipinski definition) is 1. The molecule has 114 valence electrons. The largest absolute Gasteiger partial charge is 0.280 e. The molecule has 0 bridgehead atoms. The molecule has 0 radical (unpaired) electrons. The first-order valence-electron chi connectivity index (χ1n) is 6.14. The summed E-state index contributed by atoms with van der Waals surface area (Å²) in [7, 11) is -7.46. The number of sulfone groups is 1. The average molecular weight is 356 g/mol. The predicted octanol–water partition coefficient (Wildman–Crippen LogP) is 2.90. The highest BCUT2D eigenvalue weighted by Gasteiger charge is 2.24. The van der Waals surface area contributed by atoms with Gasteiger partial charge in [0.2, 0.25) is 0 Å². The maximum absolute atomic E-state index is 12.4. The molecule has 5 nitrogen and oxygen atoms in total. The average Bonchev–Trinajstić information content (AvgIpc) is 2.74. The van der Waals surface area contributed by atoms with Gasteiger partial charge in [-0.2, -0.15) is 0 Å². The molecular weight excluding hydrogens is 346 g/mol. The lowest BCUT2D eigenvalue weighted by molar-refractivity contribution is 0.600. The van der Waals surface area contributed by atoms with Crippen LogP contribution in [0.25, 0.3) is 6.08 Å². The van der Waals surface area contributed by atoms with Crippen molar-refractivity contribution in [2.24, 2.45) is 0 Å². The van der Waals surface area contributed by atoms with Crippen LogP contribution in [0.4, 0.5) is 5.69 Å². The molecule has 0 saturated carbocycles. The zero-order valence-electron chi connectivity index (χ0n) is 11.0. The number of sulfonamides is 1. The summed E-state index contributed by atoms with van der Waals surface area (Å²) in [5.74, 6) is 0. The number of rotatable bonds is 3. The van der Waals surface area contributed by atoms with Gasteiger partial charge in [-0.05, 0) is 42.0 Å². The van der Waals surface area contributed by atoms with Crippen LogP contribution < -0.4 is 4.72 Å². The van der Waals surface area contributed by atoms with E-state index in [2.05, 4.69) is 4.72 Å². The molecule has 0 unspecified atom stereocenters. The van der Waals surface area contributed by atoms with Crippen molar-refractivity contribution in [3.8, 4) is 0 Å². The molecule has 1 N–H and O–H groups in total. The van der Waals surface area contributed by atoms with Crippen molar-refractivity contribution in [3.63, 3.8) is 0 Å². The SMILES string of the molecule is O=S1(=O)C=Cc2ccc(S(=O)(=O)Nc3cccc(Cl)c3)cc21. The minimum Gasteiger partial charge on any atom is -0.280 e. The van der Waals surface area contributed by atoms with E-state index in [1.54, 1.807) is 18.2 Å². The fourth-order valence-electron chi connectivity index (χ4n) is 2.07. The Morgan fingerprint density at radius 3 is 2.55 bits per heavy atom. The Morgan fingerprint density at radius 2 is 1.82 bits per heavy atom. The van der Waals surface area contributed by atoms with E-state index in [1.807, 2.05) is 0 Å². The maximum atomic E-state index is 12.4. The van der Waals surface area contributed by atoms with E-state index >= 15 is 0 Å². The number of benzene rings is 2. The lowest BCUT2D eigenvalue weighted by Crippen LogP contribution is -2.13. The molecule has 1 heterocycles. The Hall–Kier alpha value is -1.83. The van der Waals surface area contributed by atoms with Gasteiger partial charge < -0.3 is 0 Å². The summed E-state index contributed by atoms with van der Waals surface area (Å²) < 4.78 is 50.7. The smallest absolute Gasteiger partial charge is 0.261 e. The minimum atomic E-state index is -3.90. The van der Waals surface area contributed by atoms with Crippen LogP contribution in [0.5, 0.6) is 0 Å². The van der Waals surface area contributed by atoms with Crippen LogP contribution in [0.1, 0.15) is 5.56 Å². The van der Waals surface area contributed by atoms with E-state index in [1.165, 1.54) is 24.3 Å². The van der Waals surface area contributed by atoms with Gasteiger partial charge in [0.15, 0.2) is 9.84 Å². The molecule has 2 aromatic carbocycles. The molecular formula is C14H10ClNO4S2. The van der Waals surface area contributed by atoms with E-state index in [9.17, 15) is 16.8 Å². The van der Waals surface area contributed by atoms with Crippen LogP contribution >= 0.6 is 11.6 Å². The summed E-state index contributed by atoms with van der Waals surface area (Å²) in [5.41, 5.74) is 0.774. The molecule has 1 aliphatic rings. The highest BCUT2D eigenvalue weighted by Crippen LogP contribution is 2.29. The first kappa shape index (κ1) is 15.1. The van der Waals surface area contributed by atoms with Crippen molar-refractivity contribution < 1.29 is 16.8 Å². The normalized spacial score (nSPS) is 15.5.